The Balaban J connectivity index is 1.52. The quantitative estimate of drug-likeness (QED) is 0.0844. The van der Waals surface area contributed by atoms with Gasteiger partial charge in [-0.2, -0.15) is 16.8 Å². The number of diazo groups is 2. The summed E-state index contributed by atoms with van der Waals surface area (Å²) in [4.78, 5) is 18.9. The van der Waals surface area contributed by atoms with Gasteiger partial charge in [0.2, 0.25) is 22.3 Å². The lowest BCUT2D eigenvalue weighted by molar-refractivity contribution is 0.103. The van der Waals surface area contributed by atoms with Gasteiger partial charge in [0, 0.05) is 39.2 Å². The molecule has 13 nitrogen and oxygen atoms in total. The summed E-state index contributed by atoms with van der Waals surface area (Å²) >= 11 is 6.46. The van der Waals surface area contributed by atoms with Crippen molar-refractivity contribution in [1.82, 2.24) is 0 Å². The van der Waals surface area contributed by atoms with E-state index in [2.05, 4.69) is 41.8 Å². The lowest BCUT2D eigenvalue weighted by Crippen LogP contribution is -2.16. The molecule has 2 N–H and O–H groups in total. The smallest absolute Gasteiger partial charge is 0.426 e. The monoisotopic (exact) mass is 836 g/mol. The van der Waals surface area contributed by atoms with Crippen molar-refractivity contribution in [2.24, 2.45) is 0 Å². The molecule has 0 unspecified atom stereocenters. The van der Waals surface area contributed by atoms with Crippen LogP contribution in [0.15, 0.2) is 116 Å². The number of aromatic hydroxyl groups is 2. The number of phenolic OH excluding ortho intramolecular Hbond substituents is 2. The number of benzene rings is 6. The van der Waals surface area contributed by atoms with Crippen molar-refractivity contribution >= 4 is 90.8 Å². The van der Waals surface area contributed by atoms with E-state index in [-0.39, 0.29) is 53.0 Å². The third kappa shape index (κ3) is 5.97. The molecule has 0 bridgehead atoms. The molecule has 248 valence electrons. The maximum atomic E-state index is 13.9. The van der Waals surface area contributed by atoms with E-state index in [0.717, 1.165) is 6.07 Å². The van der Waals surface area contributed by atoms with Crippen LogP contribution in [0.3, 0.4) is 0 Å². The summed E-state index contributed by atoms with van der Waals surface area (Å²) in [5.41, 5.74) is -0.573. The Labute approximate surface area is 300 Å². The average molecular weight is 838 g/mol. The molecule has 0 radical (unpaired) electrons. The van der Waals surface area contributed by atoms with Gasteiger partial charge in [0.15, 0.2) is 27.2 Å². The van der Waals surface area contributed by atoms with Crippen molar-refractivity contribution < 1.29 is 40.2 Å². The number of carbonyl (C=O) groups is 1. The SMILES string of the molecule is N#[N+]c1ccc2c(S(=O)(=O)Oc3c(Br)cc(C(=O)c4ccccc4)c(OS(=O)(=O)c4cccc5c(O)c([N+]#N)ccc45)c3Br)cccc2c1O. The molecular formula is C33H18Br2N4O9S2+2. The van der Waals surface area contributed by atoms with Crippen LogP contribution in [0.1, 0.15) is 15.9 Å². The minimum Gasteiger partial charge on any atom is -0.501 e. The Hall–Kier alpha value is -5.59. The van der Waals surface area contributed by atoms with Crippen molar-refractivity contribution in [3.05, 3.63) is 127 Å². The molecule has 0 fully saturated rings. The molecule has 0 aliphatic heterocycles. The van der Waals surface area contributed by atoms with Gasteiger partial charge in [-0.15, -0.1) is 0 Å². The number of fused-ring (bicyclic) bond motifs is 2. The maximum Gasteiger partial charge on any atom is 0.426 e. The highest BCUT2D eigenvalue weighted by molar-refractivity contribution is 9.11. The molecule has 0 amide bonds. The van der Waals surface area contributed by atoms with Gasteiger partial charge in [0.25, 0.3) is 0 Å². The highest BCUT2D eigenvalue weighted by atomic mass is 79.9. The van der Waals surface area contributed by atoms with Gasteiger partial charge in [-0.25, -0.2) is 0 Å². The first-order valence-electron chi connectivity index (χ1n) is 14.0. The molecule has 0 saturated carbocycles. The highest BCUT2D eigenvalue weighted by Crippen LogP contribution is 2.47. The number of hydrogen-bond donors (Lipinski definition) is 2. The second-order valence-electron chi connectivity index (χ2n) is 10.4. The Morgan fingerprint density at radius 2 is 1.10 bits per heavy atom. The third-order valence-corrected chi connectivity index (χ3v) is 11.4. The van der Waals surface area contributed by atoms with Gasteiger partial charge >= 0.3 is 31.6 Å². The fourth-order valence-electron chi connectivity index (χ4n) is 5.17. The zero-order valence-corrected chi connectivity index (χ0v) is 29.7. The first kappa shape index (κ1) is 34.3. The summed E-state index contributed by atoms with van der Waals surface area (Å²) in [6.07, 6.45) is 0. The largest absolute Gasteiger partial charge is 0.501 e. The van der Waals surface area contributed by atoms with Crippen LogP contribution in [0.4, 0.5) is 11.4 Å². The number of ketones is 1. The van der Waals surface area contributed by atoms with Crippen LogP contribution in [0.2, 0.25) is 0 Å². The van der Waals surface area contributed by atoms with Gasteiger partial charge < -0.3 is 18.6 Å². The number of nitrogens with zero attached hydrogens (tertiary/aromatic N) is 4. The molecule has 0 spiro atoms. The van der Waals surface area contributed by atoms with Gasteiger partial charge in [-0.3, -0.25) is 4.79 Å². The number of carbonyl (C=O) groups excluding carboxylic acids is 1. The topological polar surface area (TPSA) is 201 Å². The number of hydrogen-bond acceptors (Lipinski definition) is 11. The van der Waals surface area contributed by atoms with Crippen molar-refractivity contribution in [1.29, 1.82) is 10.8 Å². The minimum atomic E-state index is -4.87. The predicted octanol–water partition coefficient (Wildman–Crippen LogP) is 8.66. The van der Waals surface area contributed by atoms with Gasteiger partial charge in [-0.1, -0.05) is 54.6 Å². The van der Waals surface area contributed by atoms with E-state index in [0.29, 0.717) is 0 Å². The van der Waals surface area contributed by atoms with Crippen LogP contribution < -0.4 is 8.37 Å². The van der Waals surface area contributed by atoms with Gasteiger partial charge in [-0.05, 0) is 62.2 Å². The number of rotatable bonds is 8. The van der Waals surface area contributed by atoms with Gasteiger partial charge in [0.1, 0.15) is 14.3 Å². The lowest BCUT2D eigenvalue weighted by Gasteiger charge is -2.18. The Kier molecular flexibility index (Phi) is 8.93. The van der Waals surface area contributed by atoms with Crippen molar-refractivity contribution in [2.75, 3.05) is 0 Å². The molecule has 17 heteroatoms. The van der Waals surface area contributed by atoms with Crippen LogP contribution in [0.25, 0.3) is 31.5 Å². The van der Waals surface area contributed by atoms with E-state index in [1.807, 2.05) is 0 Å². The van der Waals surface area contributed by atoms with E-state index in [9.17, 15) is 42.6 Å². The van der Waals surface area contributed by atoms with Crippen LogP contribution in [0, 0.1) is 10.8 Å². The van der Waals surface area contributed by atoms with E-state index in [1.54, 1.807) is 18.2 Å². The molecule has 0 aliphatic carbocycles. The van der Waals surface area contributed by atoms with Crippen molar-refractivity contribution in [3.8, 4) is 23.0 Å². The van der Waals surface area contributed by atoms with Gasteiger partial charge in [0.05, 0.1) is 10.0 Å². The summed E-state index contributed by atoms with van der Waals surface area (Å²) in [5, 5.41) is 39.4. The summed E-state index contributed by atoms with van der Waals surface area (Å²) in [6, 6.07) is 21.7. The van der Waals surface area contributed by atoms with Crippen molar-refractivity contribution in [2.45, 2.75) is 9.79 Å². The molecular weight excluding hydrogens is 820 g/mol. The molecule has 6 aromatic carbocycles. The van der Waals surface area contributed by atoms with Crippen LogP contribution in [0.5, 0.6) is 23.0 Å². The third-order valence-electron chi connectivity index (χ3n) is 7.50. The maximum absolute atomic E-state index is 13.9. The Morgan fingerprint density at radius 1 is 0.620 bits per heavy atom. The number of phenols is 2. The zero-order valence-electron chi connectivity index (χ0n) is 24.9. The van der Waals surface area contributed by atoms with Crippen LogP contribution in [-0.2, 0) is 20.2 Å². The lowest BCUT2D eigenvalue weighted by atomic mass is 10.0. The van der Waals surface area contributed by atoms with E-state index >= 15 is 0 Å². The van der Waals surface area contributed by atoms with Crippen LogP contribution >= 0.6 is 31.9 Å². The van der Waals surface area contributed by atoms with E-state index < -0.39 is 58.8 Å². The van der Waals surface area contributed by atoms with Crippen LogP contribution in [-0.4, -0.2) is 32.8 Å². The molecule has 0 saturated heterocycles. The molecule has 0 aliphatic rings. The molecule has 6 aromatic rings. The second-order valence-corrected chi connectivity index (χ2v) is 15.1. The van der Waals surface area contributed by atoms with Crippen molar-refractivity contribution in [3.63, 3.8) is 0 Å². The normalized spacial score (nSPS) is 11.5. The Morgan fingerprint density at radius 3 is 1.58 bits per heavy atom. The summed E-state index contributed by atoms with van der Waals surface area (Å²) in [6.45, 7) is 0. The second kappa shape index (κ2) is 13.0. The predicted molar refractivity (Wildman–Crippen MR) is 188 cm³/mol. The average Bonchev–Trinajstić information content (AvgIpc) is 3.11. The molecule has 50 heavy (non-hydrogen) atoms. The first-order valence-corrected chi connectivity index (χ1v) is 18.4. The molecule has 6 rings (SSSR count). The summed E-state index contributed by atoms with van der Waals surface area (Å²) < 4.78 is 66.1. The zero-order chi connectivity index (χ0) is 36.0. The number of halogens is 2. The van der Waals surface area contributed by atoms with E-state index in [4.69, 9.17) is 8.37 Å². The molecule has 0 atom stereocenters. The fourth-order valence-corrected chi connectivity index (χ4v) is 9.20. The standard InChI is InChI=1S/C33H16Br2N4O9S2/c34-23-16-22(29(40)17-6-2-1-3-7-17)32(47-49(43,44)26-10-4-8-20-18(26)12-14-24(38-36)30(20)41)28(35)33(23)48-50(45,46)27-11-5-9-21-19(27)13-15-25(39-37)31(21)42/h1-16H/p+2. The highest BCUT2D eigenvalue weighted by Gasteiger charge is 2.32. The van der Waals surface area contributed by atoms with E-state index in [1.165, 1.54) is 72.8 Å². The fraction of sp³-hybridized carbons (Fsp3) is 0. The Bertz CT molecular complexity index is 2730. The molecule has 0 aromatic heterocycles. The summed E-state index contributed by atoms with van der Waals surface area (Å²) in [5.74, 6) is -2.80. The minimum absolute atomic E-state index is 0.0101. The molecule has 0 heterocycles. The first-order chi connectivity index (χ1) is 23.8. The summed E-state index contributed by atoms with van der Waals surface area (Å²) in [7, 11) is -9.64.